The molecule has 0 radical (unpaired) electrons. The first-order valence-corrected chi connectivity index (χ1v) is 10.6. The first-order valence-electron chi connectivity index (χ1n) is 10.6. The van der Waals surface area contributed by atoms with Crippen molar-refractivity contribution in [3.8, 4) is 0 Å². The van der Waals surface area contributed by atoms with Gasteiger partial charge in [0.25, 0.3) is 5.91 Å². The molecule has 2 aliphatic rings. The van der Waals surface area contributed by atoms with Crippen molar-refractivity contribution in [3.05, 3.63) is 71.3 Å². The molecule has 1 amide bonds. The smallest absolute Gasteiger partial charge is 0.254 e. The van der Waals surface area contributed by atoms with Gasteiger partial charge in [-0.25, -0.2) is 0 Å². The van der Waals surface area contributed by atoms with Crippen molar-refractivity contribution in [1.29, 1.82) is 0 Å². The summed E-state index contributed by atoms with van der Waals surface area (Å²) in [5, 5.41) is 0. The van der Waals surface area contributed by atoms with Crippen LogP contribution in [0.3, 0.4) is 0 Å². The van der Waals surface area contributed by atoms with Crippen molar-refractivity contribution in [1.82, 2.24) is 14.7 Å². The van der Waals surface area contributed by atoms with Crippen molar-refractivity contribution in [3.63, 3.8) is 0 Å². The van der Waals surface area contributed by atoms with E-state index in [-0.39, 0.29) is 18.1 Å². The molecule has 0 N–H and O–H groups in total. The first-order chi connectivity index (χ1) is 14.1. The molecule has 5 nitrogen and oxygen atoms in total. The molecule has 2 aliphatic heterocycles. The van der Waals surface area contributed by atoms with Gasteiger partial charge in [0.05, 0.1) is 12.6 Å². The highest BCUT2D eigenvalue weighted by atomic mass is 16.5. The van der Waals surface area contributed by atoms with E-state index in [1.54, 1.807) is 0 Å². The summed E-state index contributed by atoms with van der Waals surface area (Å²) in [6.07, 6.45) is -0.0465. The number of amides is 1. The Bertz CT molecular complexity index is 801. The Labute approximate surface area is 173 Å². The second-order valence-electron chi connectivity index (χ2n) is 8.33. The lowest BCUT2D eigenvalue weighted by molar-refractivity contribution is -0.0691. The largest absolute Gasteiger partial charge is 0.367 e. The van der Waals surface area contributed by atoms with Crippen LogP contribution in [0.1, 0.15) is 34.5 Å². The van der Waals surface area contributed by atoms with Gasteiger partial charge in [-0.15, -0.1) is 0 Å². The zero-order valence-electron chi connectivity index (χ0n) is 17.5. The highest BCUT2D eigenvalue weighted by Crippen LogP contribution is 2.26. The Morgan fingerprint density at radius 2 is 1.66 bits per heavy atom. The van der Waals surface area contributed by atoms with Gasteiger partial charge in [0, 0.05) is 44.8 Å². The number of piperazine rings is 1. The summed E-state index contributed by atoms with van der Waals surface area (Å²) >= 11 is 0. The van der Waals surface area contributed by atoms with Crippen LogP contribution in [-0.4, -0.2) is 73.0 Å². The fraction of sp³-hybridized carbons (Fsp3) is 0.458. The van der Waals surface area contributed by atoms with Crippen LogP contribution < -0.4 is 0 Å². The monoisotopic (exact) mass is 393 g/mol. The predicted molar refractivity (Wildman–Crippen MR) is 115 cm³/mol. The van der Waals surface area contributed by atoms with Crippen LogP contribution >= 0.6 is 0 Å². The van der Waals surface area contributed by atoms with Gasteiger partial charge in [-0.1, -0.05) is 42.5 Å². The highest BCUT2D eigenvalue weighted by Gasteiger charge is 2.29. The maximum Gasteiger partial charge on any atom is 0.254 e. The van der Waals surface area contributed by atoms with E-state index < -0.39 is 0 Å². The van der Waals surface area contributed by atoms with E-state index in [4.69, 9.17) is 4.74 Å². The van der Waals surface area contributed by atoms with Gasteiger partial charge in [-0.3, -0.25) is 9.69 Å². The highest BCUT2D eigenvalue weighted by molar-refractivity contribution is 5.94. The van der Waals surface area contributed by atoms with E-state index in [2.05, 4.69) is 41.1 Å². The number of nitrogens with zero attached hydrogens (tertiary/aromatic N) is 3. The van der Waals surface area contributed by atoms with E-state index >= 15 is 0 Å². The molecule has 0 saturated carbocycles. The van der Waals surface area contributed by atoms with Crippen LogP contribution in [-0.2, 0) is 11.3 Å². The molecule has 0 aliphatic carbocycles. The molecule has 2 aromatic rings. The number of rotatable bonds is 4. The third-order valence-corrected chi connectivity index (χ3v) is 5.92. The minimum Gasteiger partial charge on any atom is -0.367 e. The molecule has 2 atom stereocenters. The minimum atomic E-state index is -0.0691. The SMILES string of the molecule is C[C@@H]1CN(C(=O)c2ccc(CN3CCN(C)CC3)cc2)C[C@H](c2ccccc2)O1. The Hall–Kier alpha value is -2.21. The zero-order valence-corrected chi connectivity index (χ0v) is 17.5. The third-order valence-electron chi connectivity index (χ3n) is 5.92. The summed E-state index contributed by atoms with van der Waals surface area (Å²) < 4.78 is 6.10. The number of hydrogen-bond donors (Lipinski definition) is 0. The molecular formula is C24H31N3O2. The van der Waals surface area contributed by atoms with Gasteiger partial charge in [-0.05, 0) is 37.2 Å². The number of morpholine rings is 1. The fourth-order valence-corrected chi connectivity index (χ4v) is 4.17. The molecule has 2 fully saturated rings. The number of hydrogen-bond acceptors (Lipinski definition) is 4. The number of ether oxygens (including phenoxy) is 1. The van der Waals surface area contributed by atoms with Crippen molar-refractivity contribution < 1.29 is 9.53 Å². The summed E-state index contributed by atoms with van der Waals surface area (Å²) in [4.78, 5) is 19.9. The van der Waals surface area contributed by atoms with Crippen molar-refractivity contribution in [2.24, 2.45) is 0 Å². The molecule has 2 heterocycles. The Balaban J connectivity index is 1.39. The van der Waals surface area contributed by atoms with Crippen molar-refractivity contribution >= 4 is 5.91 Å². The standard InChI is InChI=1S/C24H31N3O2/c1-19-16-27(18-23(29-19)21-6-4-3-5-7-21)24(28)22-10-8-20(9-11-22)17-26-14-12-25(2)13-15-26/h3-11,19,23H,12-18H2,1-2H3/t19-,23-/m1/s1. The number of likely N-dealkylation sites (N-methyl/N-ethyl adjacent to an activating group) is 1. The van der Waals surface area contributed by atoms with Crippen molar-refractivity contribution in [2.45, 2.75) is 25.7 Å². The second-order valence-corrected chi connectivity index (χ2v) is 8.33. The molecule has 2 saturated heterocycles. The number of benzene rings is 2. The van der Waals surface area contributed by atoms with Crippen LogP contribution in [0.5, 0.6) is 0 Å². The zero-order chi connectivity index (χ0) is 20.2. The minimum absolute atomic E-state index is 0.0226. The number of carbonyl (C=O) groups excluding carboxylic acids is 1. The van der Waals surface area contributed by atoms with Gasteiger partial charge < -0.3 is 14.5 Å². The third kappa shape index (κ3) is 5.04. The van der Waals surface area contributed by atoms with Crippen molar-refractivity contribution in [2.75, 3.05) is 46.3 Å². The van der Waals surface area contributed by atoms with Crippen LogP contribution in [0.25, 0.3) is 0 Å². The summed E-state index contributed by atoms with van der Waals surface area (Å²) in [6.45, 7) is 8.65. The molecule has 0 bridgehead atoms. The Morgan fingerprint density at radius 3 is 2.34 bits per heavy atom. The summed E-state index contributed by atoms with van der Waals surface area (Å²) in [5.41, 5.74) is 3.15. The lowest BCUT2D eigenvalue weighted by Crippen LogP contribution is -2.46. The average molecular weight is 394 g/mol. The van der Waals surface area contributed by atoms with Gasteiger partial charge in [0.15, 0.2) is 0 Å². The summed E-state index contributed by atoms with van der Waals surface area (Å²) in [5.74, 6) is 0.0900. The van der Waals surface area contributed by atoms with Gasteiger partial charge in [-0.2, -0.15) is 0 Å². The maximum absolute atomic E-state index is 13.1. The van der Waals surface area contributed by atoms with Gasteiger partial charge in [0.2, 0.25) is 0 Å². The average Bonchev–Trinajstić information content (AvgIpc) is 2.75. The van der Waals surface area contributed by atoms with Crippen LogP contribution in [0.15, 0.2) is 54.6 Å². The van der Waals surface area contributed by atoms with E-state index in [0.717, 1.165) is 43.9 Å². The normalized spacial score (nSPS) is 23.9. The van der Waals surface area contributed by atoms with Gasteiger partial charge in [0.1, 0.15) is 6.10 Å². The lowest BCUT2D eigenvalue weighted by Gasteiger charge is -2.37. The molecule has 0 aromatic heterocycles. The molecular weight excluding hydrogens is 362 g/mol. The molecule has 2 aromatic carbocycles. The van der Waals surface area contributed by atoms with Gasteiger partial charge >= 0.3 is 0 Å². The molecule has 154 valence electrons. The predicted octanol–water partition coefficient (Wildman–Crippen LogP) is 3.04. The van der Waals surface area contributed by atoms with E-state index in [9.17, 15) is 4.79 Å². The lowest BCUT2D eigenvalue weighted by atomic mass is 10.0. The fourth-order valence-electron chi connectivity index (χ4n) is 4.17. The molecule has 5 heteroatoms. The van der Waals surface area contributed by atoms with Crippen LogP contribution in [0, 0.1) is 0 Å². The molecule has 0 spiro atoms. The van der Waals surface area contributed by atoms with Crippen LogP contribution in [0.4, 0.5) is 0 Å². The first kappa shape index (κ1) is 20.1. The molecule has 29 heavy (non-hydrogen) atoms. The summed E-state index contributed by atoms with van der Waals surface area (Å²) in [6, 6.07) is 18.3. The van der Waals surface area contributed by atoms with E-state index in [0.29, 0.717) is 13.1 Å². The quantitative estimate of drug-likeness (QED) is 0.800. The molecule has 0 unspecified atom stereocenters. The summed E-state index contributed by atoms with van der Waals surface area (Å²) in [7, 11) is 2.17. The van der Waals surface area contributed by atoms with Crippen LogP contribution in [0.2, 0.25) is 0 Å². The Kier molecular flexibility index (Phi) is 6.28. The maximum atomic E-state index is 13.1. The second kappa shape index (κ2) is 9.08. The Morgan fingerprint density at radius 1 is 0.966 bits per heavy atom. The topological polar surface area (TPSA) is 36.0 Å². The number of carbonyl (C=O) groups is 1. The molecule has 4 rings (SSSR count). The van der Waals surface area contributed by atoms with E-state index in [1.807, 2.05) is 42.2 Å². The van der Waals surface area contributed by atoms with E-state index in [1.165, 1.54) is 5.56 Å².